The molecule has 0 saturated heterocycles. The Morgan fingerprint density at radius 3 is 0.976 bits per heavy atom. The summed E-state index contributed by atoms with van der Waals surface area (Å²) in [5.41, 5.74) is 3.10. The monoisotopic (exact) mass is 1150 g/mol. The van der Waals surface area contributed by atoms with Gasteiger partial charge in [0.25, 0.3) is 0 Å². The third kappa shape index (κ3) is 6.95. The summed E-state index contributed by atoms with van der Waals surface area (Å²) in [6.45, 7) is 0. The summed E-state index contributed by atoms with van der Waals surface area (Å²) in [6, 6.07) is 0. The summed E-state index contributed by atoms with van der Waals surface area (Å²) in [5, 5.41) is 0. The second kappa shape index (κ2) is 18.7. The van der Waals surface area contributed by atoms with Crippen molar-refractivity contribution in [2.75, 3.05) is 0 Å². The van der Waals surface area contributed by atoms with Crippen molar-refractivity contribution in [2.24, 2.45) is 241 Å². The zero-order chi connectivity index (χ0) is 54.6. The molecule has 0 aromatic rings. The van der Waals surface area contributed by atoms with E-state index in [0.29, 0.717) is 0 Å². The predicted octanol–water partition coefficient (Wildman–Crippen LogP) is 21.8. The van der Waals surface area contributed by atoms with E-state index >= 15 is 0 Å². The number of fused-ring (bicyclic) bond motifs is 13. The number of hydrogen-bond acceptors (Lipinski definition) is 0. The fourth-order valence-electron chi connectivity index (χ4n) is 37.7. The highest BCUT2D eigenvalue weighted by atomic mass is 15.2. The smallest absolute Gasteiger partial charge is 0.0161 e. The molecule has 0 aromatic heterocycles. The summed E-state index contributed by atoms with van der Waals surface area (Å²) in [7, 11) is 0. The van der Waals surface area contributed by atoms with Crippen molar-refractivity contribution in [2.45, 2.75) is 283 Å². The zero-order valence-electron chi connectivity index (χ0n) is 54.6. The summed E-state index contributed by atoms with van der Waals surface area (Å²) in [4.78, 5) is 0. The van der Waals surface area contributed by atoms with Gasteiger partial charge in [0.05, 0.1) is 0 Å². The van der Waals surface area contributed by atoms with Crippen molar-refractivity contribution in [3.63, 3.8) is 0 Å². The van der Waals surface area contributed by atoms with Crippen molar-refractivity contribution in [3.8, 4) is 0 Å². The first-order valence-electron chi connectivity index (χ1n) is 42.0. The van der Waals surface area contributed by atoms with Gasteiger partial charge in [-0.1, -0.05) is 116 Å². The van der Waals surface area contributed by atoms with Crippen LogP contribution in [0, 0.1) is 241 Å². The Labute approximate surface area is 520 Å². The molecule has 36 aliphatic rings. The summed E-state index contributed by atoms with van der Waals surface area (Å²) < 4.78 is 0. The van der Waals surface area contributed by atoms with E-state index in [-0.39, 0.29) is 0 Å². The van der Waals surface area contributed by atoms with Crippen LogP contribution in [-0.4, -0.2) is 0 Å². The van der Waals surface area contributed by atoms with Crippen LogP contribution in [0.5, 0.6) is 0 Å². The Hall–Kier alpha value is 0. The van der Waals surface area contributed by atoms with Crippen molar-refractivity contribution < 1.29 is 0 Å². The predicted molar refractivity (Wildman–Crippen MR) is 343 cm³/mol. The maximum atomic E-state index is 1.74. The Bertz CT molecular complexity index is 2250. The van der Waals surface area contributed by atoms with Gasteiger partial charge in [0, 0.05) is 0 Å². The highest BCUT2D eigenvalue weighted by Gasteiger charge is 3.15. The molecule has 36 aliphatic carbocycles. The summed E-state index contributed by atoms with van der Waals surface area (Å²) in [5.74, 6) is 48.1. The van der Waals surface area contributed by atoms with Crippen molar-refractivity contribution >= 4 is 0 Å². The Balaban J connectivity index is 0.0000000629. The van der Waals surface area contributed by atoms with Crippen LogP contribution < -0.4 is 0 Å². The van der Waals surface area contributed by atoms with E-state index in [4.69, 9.17) is 0 Å². The lowest BCUT2D eigenvalue weighted by Gasteiger charge is -3.03. The minimum atomic E-state index is 0.906. The molecule has 0 aromatic carbocycles. The fraction of sp³-hybridized carbons (Fsp3) is 1.00. The average Bonchev–Trinajstić information content (AvgIpc) is 1.36. The molecule has 0 N–H and O–H groups in total. The average molecular weight is 1150 g/mol. The fourth-order valence-corrected chi connectivity index (χ4v) is 37.7. The molecule has 11 atom stereocenters. The molecule has 0 nitrogen and oxygen atoms in total. The zero-order valence-corrected chi connectivity index (χ0v) is 54.6. The molecule has 0 heterocycles. The number of hydrogen-bond donors (Lipinski definition) is 0. The molecule has 0 aliphatic heterocycles. The topological polar surface area (TPSA) is 0 Å². The molecule has 0 amide bonds. The molecule has 20 bridgehead atoms. The van der Waals surface area contributed by atoms with E-state index in [0.717, 1.165) is 22.2 Å². The first-order chi connectivity index (χ1) is 42.0. The van der Waals surface area contributed by atoms with Gasteiger partial charge in [-0.25, -0.2) is 0 Å². The minimum absolute atomic E-state index is 0.906. The van der Waals surface area contributed by atoms with Gasteiger partial charge >= 0.3 is 0 Å². The van der Waals surface area contributed by atoms with Gasteiger partial charge in [0.15, 0.2) is 0 Å². The highest BCUT2D eigenvalue weighted by Crippen LogP contribution is 3.18. The quantitative estimate of drug-likeness (QED) is 0.212. The largest absolute Gasteiger partial charge is 0.0533 e. The van der Waals surface area contributed by atoms with Gasteiger partial charge < -0.3 is 0 Å². The molecule has 85 heavy (non-hydrogen) atoms. The Kier molecular flexibility index (Phi) is 11.5. The van der Waals surface area contributed by atoms with Crippen molar-refractivity contribution in [1.29, 1.82) is 0 Å². The molecule has 36 saturated carbocycles. The lowest BCUT2D eigenvalue weighted by atomic mass is 9.01. The van der Waals surface area contributed by atoms with Crippen LogP contribution >= 0.6 is 0 Å². The van der Waals surface area contributed by atoms with Crippen LogP contribution in [0.25, 0.3) is 0 Å². The van der Waals surface area contributed by atoms with Crippen LogP contribution in [0.1, 0.15) is 283 Å². The van der Waals surface area contributed by atoms with E-state index < -0.39 is 0 Å². The van der Waals surface area contributed by atoms with Crippen LogP contribution in [0.2, 0.25) is 0 Å². The minimum Gasteiger partial charge on any atom is -0.0533 e. The number of rotatable bonds is 0. The molecule has 11 unspecified atom stereocenters. The van der Waals surface area contributed by atoms with Gasteiger partial charge in [-0.05, 0) is 408 Å². The van der Waals surface area contributed by atoms with E-state index in [2.05, 4.69) is 0 Å². The normalized spacial score (nSPS) is 67.5. The first-order valence-corrected chi connectivity index (χ1v) is 42.0. The van der Waals surface area contributed by atoms with Gasteiger partial charge in [-0.15, -0.1) is 0 Å². The maximum Gasteiger partial charge on any atom is -0.0161 e. The van der Waals surface area contributed by atoms with Crippen LogP contribution in [0.3, 0.4) is 0 Å². The maximum absolute atomic E-state index is 1.74. The second-order valence-electron chi connectivity index (χ2n) is 41.6. The Morgan fingerprint density at radius 2 is 0.576 bits per heavy atom. The molecule has 36 fully saturated rings. The molecule has 466 valence electrons. The van der Waals surface area contributed by atoms with Gasteiger partial charge in [0.2, 0.25) is 0 Å². The van der Waals surface area contributed by atoms with E-state index in [9.17, 15) is 0 Å². The Morgan fingerprint density at radius 1 is 0.200 bits per heavy atom. The van der Waals surface area contributed by atoms with E-state index in [1.807, 2.05) is 0 Å². The molecule has 0 heteroatoms. The third-order valence-corrected chi connectivity index (χ3v) is 39.7. The van der Waals surface area contributed by atoms with E-state index in [1.165, 1.54) is 290 Å². The molecule has 1 spiro atoms. The van der Waals surface area contributed by atoms with Gasteiger partial charge in [0.1, 0.15) is 0 Å². The summed E-state index contributed by atoms with van der Waals surface area (Å²) in [6.07, 6.45) is 69.3. The van der Waals surface area contributed by atoms with Crippen LogP contribution in [-0.2, 0) is 0 Å². The van der Waals surface area contributed by atoms with Crippen molar-refractivity contribution in [1.82, 2.24) is 0 Å². The lowest BCUT2D eigenvalue weighted by Crippen LogP contribution is -3.00. The van der Waals surface area contributed by atoms with E-state index in [1.54, 1.807) is 212 Å². The SMILES string of the molecule is C12C3C4C1C1C2C3C41.C1C23C4C5C6C7C5C4C12C7C63.C1C2CC3C1C3C2.C1C2CC3CC1CC(C2)C3.C1C2CC3CC1CC3C2.C1CC2C3C(C1)C23.C1CC2CC3CCCC3(C1)C2.C1CCC2C3CCC2C(C1)C3.C1CCCC1.C1CCCCC1. The van der Waals surface area contributed by atoms with Crippen LogP contribution in [0.4, 0.5) is 0 Å². The molecule has 0 radical (unpaired) electrons. The molecular weight excluding hydrogens is 1020 g/mol. The first kappa shape index (κ1) is 52.4. The summed E-state index contributed by atoms with van der Waals surface area (Å²) >= 11 is 0. The standard InChI is InChI=1S/C11H10.2C11H18.C10H16.C9H14.C8H8.2C7H10.C6H12.C5H10/c1-10-6-2-3-5-4(2)8(10)9(5)11(1,10)7(3)6;1-3-9-7-10-4-2-6-11(10,5-1)8-9;1-2-4-10-9-5-6-11(10)8(3-1)7-9;1-7-2-9-4-8(1)5-10(3-7)6-9;1-6-2-8-4-7(1)5-9(8)3-6;1-2-5-3(1)7-4(1)6(2)8(5)7;1-4-2-6-5(1)7(6)3-4;1-2-4-6-5(3-1)7(4)6;1-2-4-6-5-3-1;1-2-4-5-3-1/h2-9H,1H2;9-10H,1-8H2;8-11H,1-7H2;7-10H,1-6H2;6-9H,1-5H2;1-8H;2*4-7H,1-3H2;1-6H2;1-5H2. The molecule has 36 rings (SSSR count). The second-order valence-corrected chi connectivity index (χ2v) is 41.6. The lowest BCUT2D eigenvalue weighted by molar-refractivity contribution is -0.565. The highest BCUT2D eigenvalue weighted by molar-refractivity contribution is 5.61. The molecular formula is C85H126. The van der Waals surface area contributed by atoms with Gasteiger partial charge in [-0.3, -0.25) is 0 Å². The van der Waals surface area contributed by atoms with Gasteiger partial charge in [-0.2, -0.15) is 0 Å². The van der Waals surface area contributed by atoms with Crippen molar-refractivity contribution in [3.05, 3.63) is 0 Å². The van der Waals surface area contributed by atoms with Crippen LogP contribution in [0.15, 0.2) is 0 Å². The third-order valence-electron chi connectivity index (χ3n) is 39.7.